The van der Waals surface area contributed by atoms with Crippen LogP contribution in [-0.4, -0.2) is 98.3 Å². The van der Waals surface area contributed by atoms with Crippen LogP contribution in [0.15, 0.2) is 4.34 Å². The maximum Gasteiger partial charge on any atom is 0.409 e. The number of amides is 3. The number of nitrogens with one attached hydrogen (secondary N) is 1. The van der Waals surface area contributed by atoms with E-state index in [9.17, 15) is 18.0 Å². The van der Waals surface area contributed by atoms with E-state index >= 15 is 0 Å². The van der Waals surface area contributed by atoms with Gasteiger partial charge < -0.3 is 19.9 Å². The molecule has 1 aromatic heterocycles. The Balaban J connectivity index is 2.14. The van der Waals surface area contributed by atoms with E-state index in [1.165, 1.54) is 14.1 Å². The lowest BCUT2D eigenvalue weighted by atomic mass is 10.1. The van der Waals surface area contributed by atoms with Crippen molar-refractivity contribution in [3.05, 3.63) is 5.01 Å². The molecule has 1 aliphatic heterocycles. The fraction of sp³-hybridized carbons (Fsp3) is 0.750. The minimum Gasteiger partial charge on any atom is -0.449 e. The summed E-state index contributed by atoms with van der Waals surface area (Å²) in [5, 5.41) is 11.0. The molecular formula is C16H28N6O5S2. The average molecular weight is 449 g/mol. The lowest BCUT2D eigenvalue weighted by Crippen LogP contribution is -2.33. The highest BCUT2D eigenvalue weighted by Crippen LogP contribution is 2.27. The van der Waals surface area contributed by atoms with Crippen LogP contribution in [0, 0.1) is 0 Å². The summed E-state index contributed by atoms with van der Waals surface area (Å²) in [5.74, 6) is -0.369. The quantitative estimate of drug-likeness (QED) is 0.560. The lowest BCUT2D eigenvalue weighted by molar-refractivity contribution is 0.0979. The van der Waals surface area contributed by atoms with Crippen LogP contribution >= 0.6 is 11.3 Å². The van der Waals surface area contributed by atoms with E-state index in [2.05, 4.69) is 15.5 Å². The van der Waals surface area contributed by atoms with Gasteiger partial charge in [0.2, 0.25) is 4.34 Å². The van der Waals surface area contributed by atoms with E-state index in [-0.39, 0.29) is 22.9 Å². The van der Waals surface area contributed by atoms with Gasteiger partial charge in [-0.25, -0.2) is 22.3 Å². The molecule has 1 unspecified atom stereocenters. The Bertz CT molecular complexity index is 808. The molecule has 13 heteroatoms. The molecule has 1 fully saturated rings. The summed E-state index contributed by atoms with van der Waals surface area (Å²) in [6, 6.07) is -0.142. The highest BCUT2D eigenvalue weighted by atomic mass is 32.2. The number of rotatable bonds is 10. The summed E-state index contributed by atoms with van der Waals surface area (Å²) >= 11 is 0.955. The molecule has 0 radical (unpaired) electrons. The molecule has 3 amide bonds. The van der Waals surface area contributed by atoms with Crippen LogP contribution in [-0.2, 0) is 14.8 Å². The van der Waals surface area contributed by atoms with Crippen molar-refractivity contribution in [1.29, 1.82) is 0 Å². The first-order valence-electron chi connectivity index (χ1n) is 9.41. The molecule has 0 bridgehead atoms. The predicted molar refractivity (Wildman–Crippen MR) is 107 cm³/mol. The zero-order valence-corrected chi connectivity index (χ0v) is 18.8. The highest BCUT2D eigenvalue weighted by Gasteiger charge is 2.28. The summed E-state index contributed by atoms with van der Waals surface area (Å²) in [5.41, 5.74) is 0. The Hall–Kier alpha value is -1.99. The third kappa shape index (κ3) is 5.76. The Labute approximate surface area is 175 Å². The summed E-state index contributed by atoms with van der Waals surface area (Å²) in [6.07, 6.45) is 0.0276. The number of ether oxygens (including phenoxy) is 1. The van der Waals surface area contributed by atoms with Gasteiger partial charge in [0.25, 0.3) is 10.0 Å². The number of aromatic nitrogens is 2. The SMILES string of the molecule is CCN(CC)C(=O)OCC(CCN1CCNC1=O)c1nnc(S(=O)(=O)N(C)C)s1. The van der Waals surface area contributed by atoms with Crippen molar-refractivity contribution >= 4 is 33.5 Å². The Morgan fingerprint density at radius 1 is 1.31 bits per heavy atom. The van der Waals surface area contributed by atoms with Gasteiger partial charge in [-0.2, -0.15) is 0 Å². The highest BCUT2D eigenvalue weighted by molar-refractivity contribution is 7.91. The van der Waals surface area contributed by atoms with Gasteiger partial charge in [0.05, 0.1) is 0 Å². The van der Waals surface area contributed by atoms with Crippen molar-refractivity contribution in [2.24, 2.45) is 0 Å². The van der Waals surface area contributed by atoms with E-state index in [1.54, 1.807) is 9.80 Å². The van der Waals surface area contributed by atoms with Crippen molar-refractivity contribution < 1.29 is 22.7 Å². The van der Waals surface area contributed by atoms with Gasteiger partial charge in [-0.15, -0.1) is 10.2 Å². The van der Waals surface area contributed by atoms with E-state index in [0.29, 0.717) is 44.2 Å². The predicted octanol–water partition coefficient (Wildman–Crippen LogP) is 0.766. The zero-order chi connectivity index (χ0) is 21.6. The molecule has 0 aromatic carbocycles. The van der Waals surface area contributed by atoms with Crippen LogP contribution in [0.1, 0.15) is 31.2 Å². The monoisotopic (exact) mass is 448 g/mol. The standard InChI is InChI=1S/C16H28N6O5S2/c1-5-21(6-2)16(24)27-11-12(7-9-22-10-8-17-14(22)23)13-18-19-15(28-13)29(25,26)20(3)4/h12H,5-11H2,1-4H3,(H,17,23). The number of urea groups is 1. The van der Waals surface area contributed by atoms with Crippen LogP contribution in [0.3, 0.4) is 0 Å². The van der Waals surface area contributed by atoms with Gasteiger partial charge >= 0.3 is 12.1 Å². The Morgan fingerprint density at radius 3 is 2.55 bits per heavy atom. The molecule has 29 heavy (non-hydrogen) atoms. The normalized spacial score (nSPS) is 15.5. The number of hydrogen-bond donors (Lipinski definition) is 1. The average Bonchev–Trinajstić information content (AvgIpc) is 3.32. The molecule has 1 aliphatic rings. The molecule has 0 saturated carbocycles. The van der Waals surface area contributed by atoms with Crippen LogP contribution in [0.25, 0.3) is 0 Å². The van der Waals surface area contributed by atoms with Crippen molar-refractivity contribution in [2.75, 3.05) is 53.4 Å². The summed E-state index contributed by atoms with van der Waals surface area (Å²) in [7, 11) is -0.849. The molecule has 1 N–H and O–H groups in total. The summed E-state index contributed by atoms with van der Waals surface area (Å²) in [6.45, 7) is 6.42. The van der Waals surface area contributed by atoms with Crippen molar-refractivity contribution in [3.8, 4) is 0 Å². The molecule has 2 heterocycles. The number of hydrogen-bond acceptors (Lipinski definition) is 8. The zero-order valence-electron chi connectivity index (χ0n) is 17.1. The first kappa shape index (κ1) is 23.3. The van der Waals surface area contributed by atoms with E-state index < -0.39 is 16.1 Å². The maximum absolute atomic E-state index is 12.3. The number of nitrogens with zero attached hydrogens (tertiary/aromatic N) is 5. The molecule has 1 saturated heterocycles. The third-order valence-corrected chi connectivity index (χ3v) is 7.84. The molecular weight excluding hydrogens is 420 g/mol. The number of sulfonamides is 1. The van der Waals surface area contributed by atoms with E-state index in [4.69, 9.17) is 4.74 Å². The van der Waals surface area contributed by atoms with Gasteiger partial charge in [0.15, 0.2) is 0 Å². The maximum atomic E-state index is 12.3. The molecule has 0 aliphatic carbocycles. The molecule has 2 rings (SSSR count). The van der Waals surface area contributed by atoms with Crippen LogP contribution in [0.2, 0.25) is 0 Å². The molecule has 0 spiro atoms. The van der Waals surface area contributed by atoms with Gasteiger partial charge in [-0.05, 0) is 20.3 Å². The van der Waals surface area contributed by atoms with Gasteiger partial charge in [-0.3, -0.25) is 0 Å². The lowest BCUT2D eigenvalue weighted by Gasteiger charge is -2.22. The summed E-state index contributed by atoms with van der Waals surface area (Å²) in [4.78, 5) is 27.2. The first-order valence-corrected chi connectivity index (χ1v) is 11.7. The second kappa shape index (κ2) is 10.2. The molecule has 11 nitrogen and oxygen atoms in total. The van der Waals surface area contributed by atoms with Gasteiger partial charge in [-0.1, -0.05) is 11.3 Å². The van der Waals surface area contributed by atoms with Crippen molar-refractivity contribution in [1.82, 2.24) is 29.6 Å². The number of carbonyl (C=O) groups excluding carboxylic acids is 2. The molecule has 164 valence electrons. The van der Waals surface area contributed by atoms with Crippen molar-refractivity contribution in [3.63, 3.8) is 0 Å². The van der Waals surface area contributed by atoms with Crippen LogP contribution in [0.5, 0.6) is 0 Å². The summed E-state index contributed by atoms with van der Waals surface area (Å²) < 4.78 is 31.0. The van der Waals surface area contributed by atoms with Gasteiger partial charge in [0.1, 0.15) is 11.6 Å². The molecule has 1 aromatic rings. The Kier molecular flexibility index (Phi) is 8.16. The van der Waals surface area contributed by atoms with E-state index in [0.717, 1.165) is 15.6 Å². The second-order valence-corrected chi connectivity index (χ2v) is 9.98. The fourth-order valence-corrected chi connectivity index (χ4v) is 4.98. The first-order chi connectivity index (χ1) is 13.7. The largest absolute Gasteiger partial charge is 0.449 e. The Morgan fingerprint density at radius 2 is 2.00 bits per heavy atom. The number of carbonyl (C=O) groups is 2. The van der Waals surface area contributed by atoms with Gasteiger partial charge in [0, 0.05) is 52.7 Å². The molecule has 1 atom stereocenters. The van der Waals surface area contributed by atoms with Crippen LogP contribution in [0.4, 0.5) is 9.59 Å². The smallest absolute Gasteiger partial charge is 0.409 e. The van der Waals surface area contributed by atoms with Crippen molar-refractivity contribution in [2.45, 2.75) is 30.5 Å². The van der Waals surface area contributed by atoms with Crippen LogP contribution < -0.4 is 5.32 Å². The topological polar surface area (TPSA) is 125 Å². The minimum atomic E-state index is -3.69. The van der Waals surface area contributed by atoms with E-state index in [1.807, 2.05) is 13.8 Å². The minimum absolute atomic E-state index is 0.0292. The third-order valence-electron chi connectivity index (χ3n) is 4.59. The fourth-order valence-electron chi connectivity index (χ4n) is 2.71. The second-order valence-electron chi connectivity index (χ2n) is 6.65.